The van der Waals surface area contributed by atoms with Gasteiger partial charge >= 0.3 is 0 Å². The van der Waals surface area contributed by atoms with Crippen LogP contribution in [0.15, 0.2) is 0 Å². The van der Waals surface area contributed by atoms with E-state index in [1.165, 1.54) is 205 Å². The normalized spacial score (nSPS) is 14.0. The summed E-state index contributed by atoms with van der Waals surface area (Å²) in [5.41, 5.74) is 0. The third-order valence-electron chi connectivity index (χ3n) is 9.89. The van der Waals surface area contributed by atoms with E-state index in [4.69, 9.17) is 0 Å². The summed E-state index contributed by atoms with van der Waals surface area (Å²) in [7, 11) is 0. The summed E-state index contributed by atoms with van der Waals surface area (Å²) in [6, 6.07) is 0. The van der Waals surface area contributed by atoms with Crippen LogP contribution >= 0.6 is 0 Å². The second kappa shape index (κ2) is 33.5. The fourth-order valence-corrected chi connectivity index (χ4v) is 6.72. The first-order valence-electron chi connectivity index (χ1n) is 19.6. The second-order valence-corrected chi connectivity index (χ2v) is 14.5. The van der Waals surface area contributed by atoms with Gasteiger partial charge in [0.25, 0.3) is 0 Å². The maximum atomic E-state index is 2.52. The van der Waals surface area contributed by atoms with Gasteiger partial charge in [-0.2, -0.15) is 0 Å². The lowest BCUT2D eigenvalue weighted by atomic mass is 9.91. The van der Waals surface area contributed by atoms with Crippen LogP contribution in [0.3, 0.4) is 0 Å². The third kappa shape index (κ3) is 32.5. The Kier molecular flexibility index (Phi) is 33.5. The SMILES string of the molecule is CCCCCCCCCCCCCCCCC(C)CCCCCC(C)CCCC(C)CCCCCCCCCC. The van der Waals surface area contributed by atoms with E-state index in [9.17, 15) is 0 Å². The van der Waals surface area contributed by atoms with Crippen molar-refractivity contribution < 1.29 is 0 Å². The molecule has 40 heavy (non-hydrogen) atoms. The summed E-state index contributed by atoms with van der Waals surface area (Å²) in [4.78, 5) is 0. The predicted molar refractivity (Wildman–Crippen MR) is 187 cm³/mol. The van der Waals surface area contributed by atoms with Gasteiger partial charge in [-0.1, -0.05) is 240 Å². The topological polar surface area (TPSA) is 0 Å². The molecular weight excluding hydrogens is 480 g/mol. The molecule has 0 radical (unpaired) electrons. The molecule has 0 nitrogen and oxygen atoms in total. The van der Waals surface area contributed by atoms with E-state index in [0.29, 0.717) is 0 Å². The Hall–Kier alpha value is 0. The van der Waals surface area contributed by atoms with E-state index >= 15 is 0 Å². The van der Waals surface area contributed by atoms with E-state index in [1.807, 2.05) is 0 Å². The fourth-order valence-electron chi connectivity index (χ4n) is 6.72. The number of rotatable bonds is 34. The van der Waals surface area contributed by atoms with Crippen molar-refractivity contribution in [1.82, 2.24) is 0 Å². The summed E-state index contributed by atoms with van der Waals surface area (Å²) in [6.45, 7) is 12.2. The molecule has 0 saturated heterocycles. The Morgan fingerprint density at radius 2 is 0.400 bits per heavy atom. The average Bonchev–Trinajstić information content (AvgIpc) is 2.94. The monoisotopic (exact) mass is 563 g/mol. The zero-order valence-electron chi connectivity index (χ0n) is 29.4. The van der Waals surface area contributed by atoms with Gasteiger partial charge in [0.15, 0.2) is 0 Å². The maximum Gasteiger partial charge on any atom is -0.0443 e. The smallest absolute Gasteiger partial charge is 0.0443 e. The van der Waals surface area contributed by atoms with Gasteiger partial charge in [-0.3, -0.25) is 0 Å². The van der Waals surface area contributed by atoms with Crippen molar-refractivity contribution in [3.63, 3.8) is 0 Å². The molecule has 0 heterocycles. The molecule has 0 saturated carbocycles. The first kappa shape index (κ1) is 40.0. The van der Waals surface area contributed by atoms with Gasteiger partial charge in [0, 0.05) is 0 Å². The van der Waals surface area contributed by atoms with Crippen LogP contribution in [0.25, 0.3) is 0 Å². The van der Waals surface area contributed by atoms with Crippen molar-refractivity contribution in [3.8, 4) is 0 Å². The molecule has 242 valence electrons. The minimum atomic E-state index is 0.947. The Morgan fingerprint density at radius 3 is 0.650 bits per heavy atom. The zero-order chi connectivity index (χ0) is 29.4. The molecule has 0 fully saturated rings. The molecular formula is C40H82. The highest BCUT2D eigenvalue weighted by molar-refractivity contribution is 4.61. The van der Waals surface area contributed by atoms with Crippen molar-refractivity contribution in [3.05, 3.63) is 0 Å². The summed E-state index contributed by atoms with van der Waals surface area (Å²) in [5.74, 6) is 2.86. The van der Waals surface area contributed by atoms with Crippen LogP contribution in [0.1, 0.15) is 240 Å². The summed E-state index contributed by atoms with van der Waals surface area (Å²) < 4.78 is 0. The van der Waals surface area contributed by atoms with Crippen molar-refractivity contribution >= 4 is 0 Å². The molecule has 0 N–H and O–H groups in total. The molecule has 0 spiro atoms. The minimum Gasteiger partial charge on any atom is -0.0654 e. The molecule has 0 rings (SSSR count). The molecule has 0 aromatic rings. The largest absolute Gasteiger partial charge is 0.0654 e. The van der Waals surface area contributed by atoms with E-state index < -0.39 is 0 Å². The van der Waals surface area contributed by atoms with Gasteiger partial charge in [-0.25, -0.2) is 0 Å². The predicted octanol–water partition coefficient (Wildman–Crippen LogP) is 15.4. The summed E-state index contributed by atoms with van der Waals surface area (Å²) in [6.07, 6.45) is 47.0. The van der Waals surface area contributed by atoms with Crippen LogP contribution in [-0.4, -0.2) is 0 Å². The molecule has 0 aliphatic carbocycles. The van der Waals surface area contributed by atoms with Gasteiger partial charge in [-0.15, -0.1) is 0 Å². The molecule has 0 amide bonds. The standard InChI is InChI=1S/C40H82/c1-6-8-10-12-14-16-17-18-19-20-21-23-25-27-32-38(3)34-29-26-30-35-40(5)37-31-36-39(4)33-28-24-22-15-13-11-9-7-2/h38-40H,6-37H2,1-5H3. The average molecular weight is 563 g/mol. The molecule has 0 bridgehead atoms. The Labute approximate surface area is 257 Å². The Balaban J connectivity index is 3.34. The molecule has 0 aliphatic rings. The van der Waals surface area contributed by atoms with E-state index in [0.717, 1.165) is 17.8 Å². The lowest BCUT2D eigenvalue weighted by Gasteiger charge is -2.15. The van der Waals surface area contributed by atoms with Crippen LogP contribution in [-0.2, 0) is 0 Å². The molecule has 0 aromatic heterocycles. The fraction of sp³-hybridized carbons (Fsp3) is 1.00. The third-order valence-corrected chi connectivity index (χ3v) is 9.89. The van der Waals surface area contributed by atoms with Crippen molar-refractivity contribution in [1.29, 1.82) is 0 Å². The zero-order valence-corrected chi connectivity index (χ0v) is 29.4. The quantitative estimate of drug-likeness (QED) is 0.0684. The van der Waals surface area contributed by atoms with Gasteiger partial charge in [-0.05, 0) is 17.8 Å². The lowest BCUT2D eigenvalue weighted by Crippen LogP contribution is -2.00. The van der Waals surface area contributed by atoms with Crippen LogP contribution < -0.4 is 0 Å². The maximum absolute atomic E-state index is 2.52. The van der Waals surface area contributed by atoms with Crippen molar-refractivity contribution in [2.24, 2.45) is 17.8 Å². The molecule has 0 heteroatoms. The summed E-state index contributed by atoms with van der Waals surface area (Å²) in [5, 5.41) is 0. The number of hydrogen-bond acceptors (Lipinski definition) is 0. The van der Waals surface area contributed by atoms with Gasteiger partial charge in [0.2, 0.25) is 0 Å². The molecule has 3 atom stereocenters. The summed E-state index contributed by atoms with van der Waals surface area (Å²) >= 11 is 0. The number of hydrogen-bond donors (Lipinski definition) is 0. The molecule has 0 aliphatic heterocycles. The van der Waals surface area contributed by atoms with Crippen LogP contribution in [0.2, 0.25) is 0 Å². The second-order valence-electron chi connectivity index (χ2n) is 14.5. The van der Waals surface area contributed by atoms with E-state index in [1.54, 1.807) is 0 Å². The highest BCUT2D eigenvalue weighted by Crippen LogP contribution is 2.23. The minimum absolute atomic E-state index is 0.947. The van der Waals surface area contributed by atoms with E-state index in [-0.39, 0.29) is 0 Å². The highest BCUT2D eigenvalue weighted by Gasteiger charge is 2.07. The first-order chi connectivity index (χ1) is 19.6. The van der Waals surface area contributed by atoms with Crippen LogP contribution in [0, 0.1) is 17.8 Å². The van der Waals surface area contributed by atoms with Crippen LogP contribution in [0.4, 0.5) is 0 Å². The highest BCUT2D eigenvalue weighted by atomic mass is 14.1. The van der Waals surface area contributed by atoms with Gasteiger partial charge in [0.05, 0.1) is 0 Å². The van der Waals surface area contributed by atoms with Gasteiger partial charge < -0.3 is 0 Å². The number of unbranched alkanes of at least 4 members (excludes halogenated alkanes) is 22. The van der Waals surface area contributed by atoms with Crippen molar-refractivity contribution in [2.45, 2.75) is 240 Å². The first-order valence-corrected chi connectivity index (χ1v) is 19.6. The lowest BCUT2D eigenvalue weighted by molar-refractivity contribution is 0.385. The van der Waals surface area contributed by atoms with Crippen molar-refractivity contribution in [2.75, 3.05) is 0 Å². The van der Waals surface area contributed by atoms with E-state index in [2.05, 4.69) is 34.6 Å². The molecule has 0 aromatic carbocycles. The Bertz CT molecular complexity index is 439. The molecule has 3 unspecified atom stereocenters. The Morgan fingerprint density at radius 1 is 0.225 bits per heavy atom. The van der Waals surface area contributed by atoms with Crippen LogP contribution in [0.5, 0.6) is 0 Å². The van der Waals surface area contributed by atoms with Gasteiger partial charge in [0.1, 0.15) is 0 Å².